The van der Waals surface area contributed by atoms with E-state index >= 15 is 0 Å². The molecular formula is C12H15FN2. The maximum Gasteiger partial charge on any atom is 0.141 e. The Hall–Kier alpha value is -1.40. The van der Waals surface area contributed by atoms with Crippen LogP contribution in [0.5, 0.6) is 0 Å². The molecule has 15 heavy (non-hydrogen) atoms. The number of nitrogens with zero attached hydrogens (tertiary/aromatic N) is 1. The Bertz CT molecular complexity index is 338. The first-order chi connectivity index (χ1) is 7.15. The second-order valence-electron chi connectivity index (χ2n) is 3.71. The summed E-state index contributed by atoms with van der Waals surface area (Å²) in [5.41, 5.74) is 0.821. The minimum absolute atomic E-state index is 0.0710. The lowest BCUT2D eigenvalue weighted by Crippen LogP contribution is -2.26. The van der Waals surface area contributed by atoms with Crippen LogP contribution in [0, 0.1) is 24.1 Å². The van der Waals surface area contributed by atoms with Gasteiger partial charge in [-0.1, -0.05) is 19.8 Å². The molecule has 0 spiro atoms. The van der Waals surface area contributed by atoms with E-state index in [1.165, 1.54) is 12.3 Å². The van der Waals surface area contributed by atoms with Crippen molar-refractivity contribution in [2.45, 2.75) is 19.9 Å². The summed E-state index contributed by atoms with van der Waals surface area (Å²) in [5.74, 6) is 2.56. The van der Waals surface area contributed by atoms with E-state index in [1.54, 1.807) is 6.07 Å². The van der Waals surface area contributed by atoms with Gasteiger partial charge < -0.3 is 0 Å². The molecule has 0 aromatic carbocycles. The van der Waals surface area contributed by atoms with E-state index in [-0.39, 0.29) is 11.9 Å². The fourth-order valence-corrected chi connectivity index (χ4v) is 1.42. The second kappa shape index (κ2) is 5.47. The van der Waals surface area contributed by atoms with Gasteiger partial charge in [0.15, 0.2) is 0 Å². The number of nitrogens with one attached hydrogen (secondary N) is 1. The number of terminal acetylenes is 1. The van der Waals surface area contributed by atoms with Crippen LogP contribution >= 0.6 is 0 Å². The van der Waals surface area contributed by atoms with E-state index in [4.69, 9.17) is 6.42 Å². The lowest BCUT2D eigenvalue weighted by Gasteiger charge is -2.20. The molecule has 1 aromatic heterocycles. The minimum Gasteiger partial charge on any atom is -0.298 e. The maximum atomic E-state index is 12.7. The van der Waals surface area contributed by atoms with Crippen molar-refractivity contribution in [2.75, 3.05) is 6.54 Å². The Kier molecular flexibility index (Phi) is 4.26. The Labute approximate surface area is 89.9 Å². The molecular weight excluding hydrogens is 191 g/mol. The van der Waals surface area contributed by atoms with Crippen molar-refractivity contribution in [3.8, 4) is 12.3 Å². The number of halogens is 1. The summed E-state index contributed by atoms with van der Waals surface area (Å²) in [5, 5.41) is 3.18. The van der Waals surface area contributed by atoms with E-state index in [1.807, 2.05) is 0 Å². The molecule has 1 heterocycles. The van der Waals surface area contributed by atoms with Gasteiger partial charge in [-0.3, -0.25) is 10.3 Å². The molecule has 1 rings (SSSR count). The topological polar surface area (TPSA) is 24.9 Å². The van der Waals surface area contributed by atoms with Crippen molar-refractivity contribution in [1.29, 1.82) is 0 Å². The van der Waals surface area contributed by atoms with Gasteiger partial charge in [0.25, 0.3) is 0 Å². The summed E-state index contributed by atoms with van der Waals surface area (Å²) in [6.07, 6.45) is 6.41. The quantitative estimate of drug-likeness (QED) is 0.763. The van der Waals surface area contributed by atoms with Gasteiger partial charge in [0, 0.05) is 0 Å². The summed E-state index contributed by atoms with van der Waals surface area (Å²) < 4.78 is 12.7. The predicted octanol–water partition coefficient (Wildman–Crippen LogP) is 2.14. The molecule has 0 bridgehead atoms. The van der Waals surface area contributed by atoms with Crippen LogP contribution in [-0.2, 0) is 0 Å². The van der Waals surface area contributed by atoms with Gasteiger partial charge >= 0.3 is 0 Å². The highest BCUT2D eigenvalue weighted by Gasteiger charge is 2.15. The van der Waals surface area contributed by atoms with Crippen LogP contribution in [0.2, 0.25) is 0 Å². The maximum absolute atomic E-state index is 12.7. The van der Waals surface area contributed by atoms with Gasteiger partial charge in [0.05, 0.1) is 24.5 Å². The first-order valence-electron chi connectivity index (χ1n) is 4.93. The Morgan fingerprint density at radius 3 is 2.73 bits per heavy atom. The van der Waals surface area contributed by atoms with E-state index in [2.05, 4.69) is 30.1 Å². The molecule has 3 heteroatoms. The summed E-state index contributed by atoms with van der Waals surface area (Å²) >= 11 is 0. The van der Waals surface area contributed by atoms with Gasteiger partial charge in [-0.15, -0.1) is 6.42 Å². The standard InChI is InChI=1S/C12H15FN2/c1-4-7-14-12(9(2)3)11-6-5-10(13)8-15-11/h1,5-6,8-9,12,14H,7H2,2-3H3. The molecule has 2 nitrogen and oxygen atoms in total. The van der Waals surface area contributed by atoms with Gasteiger partial charge in [-0.25, -0.2) is 4.39 Å². The lowest BCUT2D eigenvalue weighted by molar-refractivity contribution is 0.421. The molecule has 0 aliphatic carbocycles. The lowest BCUT2D eigenvalue weighted by atomic mass is 10.0. The molecule has 1 aromatic rings. The zero-order chi connectivity index (χ0) is 11.3. The van der Waals surface area contributed by atoms with Crippen LogP contribution in [0.25, 0.3) is 0 Å². The first-order valence-corrected chi connectivity index (χ1v) is 4.93. The average molecular weight is 206 g/mol. The smallest absolute Gasteiger partial charge is 0.141 e. The third kappa shape index (κ3) is 3.34. The van der Waals surface area contributed by atoms with Crippen LogP contribution in [0.4, 0.5) is 4.39 Å². The largest absolute Gasteiger partial charge is 0.298 e. The van der Waals surface area contributed by atoms with Gasteiger partial charge in [0.2, 0.25) is 0 Å². The Morgan fingerprint density at radius 2 is 2.27 bits per heavy atom. The third-order valence-corrected chi connectivity index (χ3v) is 2.16. The monoisotopic (exact) mass is 206 g/mol. The minimum atomic E-state index is -0.321. The van der Waals surface area contributed by atoms with Crippen LogP contribution < -0.4 is 5.32 Å². The van der Waals surface area contributed by atoms with E-state index < -0.39 is 0 Å². The van der Waals surface area contributed by atoms with Crippen LogP contribution in [0.3, 0.4) is 0 Å². The van der Waals surface area contributed by atoms with E-state index in [9.17, 15) is 4.39 Å². The van der Waals surface area contributed by atoms with Crippen molar-refractivity contribution in [3.63, 3.8) is 0 Å². The highest BCUT2D eigenvalue weighted by molar-refractivity contribution is 5.11. The molecule has 80 valence electrons. The molecule has 0 radical (unpaired) electrons. The summed E-state index contributed by atoms with van der Waals surface area (Å²) in [6, 6.07) is 3.17. The van der Waals surface area contributed by atoms with Crippen molar-refractivity contribution >= 4 is 0 Å². The number of rotatable bonds is 4. The molecule has 1 atom stereocenters. The zero-order valence-corrected chi connectivity index (χ0v) is 9.00. The van der Waals surface area contributed by atoms with Crippen molar-refractivity contribution in [3.05, 3.63) is 29.8 Å². The summed E-state index contributed by atoms with van der Waals surface area (Å²) in [7, 11) is 0. The Balaban J connectivity index is 2.80. The number of pyridine rings is 1. The zero-order valence-electron chi connectivity index (χ0n) is 9.00. The highest BCUT2D eigenvalue weighted by Crippen LogP contribution is 2.19. The second-order valence-corrected chi connectivity index (χ2v) is 3.71. The van der Waals surface area contributed by atoms with Crippen molar-refractivity contribution in [1.82, 2.24) is 10.3 Å². The molecule has 0 aliphatic heterocycles. The van der Waals surface area contributed by atoms with Crippen LogP contribution in [-0.4, -0.2) is 11.5 Å². The van der Waals surface area contributed by atoms with Crippen molar-refractivity contribution in [2.24, 2.45) is 5.92 Å². The van der Waals surface area contributed by atoms with E-state index in [0.29, 0.717) is 12.5 Å². The first kappa shape index (κ1) is 11.7. The molecule has 1 unspecified atom stereocenters. The molecule has 1 N–H and O–H groups in total. The van der Waals surface area contributed by atoms with Crippen molar-refractivity contribution < 1.29 is 4.39 Å². The molecule has 0 aliphatic rings. The molecule has 0 amide bonds. The van der Waals surface area contributed by atoms with Gasteiger partial charge in [-0.05, 0) is 18.1 Å². The molecule has 0 saturated heterocycles. The van der Waals surface area contributed by atoms with Crippen LogP contribution in [0.15, 0.2) is 18.3 Å². The van der Waals surface area contributed by atoms with Gasteiger partial charge in [0.1, 0.15) is 5.82 Å². The molecule has 0 fully saturated rings. The number of aromatic nitrogens is 1. The average Bonchev–Trinajstić information content (AvgIpc) is 2.21. The highest BCUT2D eigenvalue weighted by atomic mass is 19.1. The Morgan fingerprint density at radius 1 is 1.53 bits per heavy atom. The summed E-state index contributed by atoms with van der Waals surface area (Å²) in [6.45, 7) is 4.63. The normalized spacial score (nSPS) is 12.5. The fourth-order valence-electron chi connectivity index (χ4n) is 1.42. The molecule has 0 saturated carbocycles. The number of hydrogen-bond donors (Lipinski definition) is 1. The van der Waals surface area contributed by atoms with E-state index in [0.717, 1.165) is 5.69 Å². The third-order valence-electron chi connectivity index (χ3n) is 2.16. The fraction of sp³-hybridized carbons (Fsp3) is 0.417. The van der Waals surface area contributed by atoms with Gasteiger partial charge in [-0.2, -0.15) is 0 Å². The summed E-state index contributed by atoms with van der Waals surface area (Å²) in [4.78, 5) is 4.05. The SMILES string of the molecule is C#CCNC(c1ccc(F)cn1)C(C)C. The predicted molar refractivity (Wildman–Crippen MR) is 58.6 cm³/mol. The number of hydrogen-bond acceptors (Lipinski definition) is 2. The van der Waals surface area contributed by atoms with Crippen LogP contribution in [0.1, 0.15) is 25.6 Å².